The number of rotatable bonds is 4. The fourth-order valence-corrected chi connectivity index (χ4v) is 1.36. The van der Waals surface area contributed by atoms with Gasteiger partial charge in [-0.25, -0.2) is 5.32 Å². The Labute approximate surface area is 68.7 Å². The van der Waals surface area contributed by atoms with Gasteiger partial charge in [0, 0.05) is 19.1 Å². The smallest absolute Gasteiger partial charge is 0.0148 e. The van der Waals surface area contributed by atoms with E-state index in [-0.39, 0.29) is 0 Å². The Morgan fingerprint density at radius 1 is 1.36 bits per heavy atom. The van der Waals surface area contributed by atoms with E-state index in [9.17, 15) is 0 Å². The van der Waals surface area contributed by atoms with Crippen LogP contribution in [0, 0.1) is 0 Å². The first-order valence-electron chi connectivity index (χ1n) is 4.50. The van der Waals surface area contributed by atoms with Crippen LogP contribution in [0.1, 0.15) is 19.3 Å². The molecule has 0 aromatic carbocycles. The van der Waals surface area contributed by atoms with E-state index in [0.717, 1.165) is 32.6 Å². The molecule has 0 bridgehead atoms. The molecule has 3 nitrogen and oxygen atoms in total. The highest BCUT2D eigenvalue weighted by Crippen LogP contribution is 2.02. The Bertz CT molecular complexity index is 89.3. The number of nitrogens with zero attached hydrogens (tertiary/aromatic N) is 1. The summed E-state index contributed by atoms with van der Waals surface area (Å²) >= 11 is 0. The van der Waals surface area contributed by atoms with Crippen molar-refractivity contribution in [2.45, 2.75) is 25.3 Å². The van der Waals surface area contributed by atoms with Gasteiger partial charge in [-0.2, -0.15) is 0 Å². The van der Waals surface area contributed by atoms with Crippen LogP contribution in [0.2, 0.25) is 0 Å². The molecule has 1 fully saturated rings. The lowest BCUT2D eigenvalue weighted by atomic mass is 10.1. The molecule has 0 aromatic rings. The summed E-state index contributed by atoms with van der Waals surface area (Å²) in [6.07, 6.45) is 3.52. The standard InChI is InChI=1S/C8H18N3/c9-4-1-5-11-8-2-6-10-7-3-8/h8,11H,1-7,9H2. The third-order valence-corrected chi connectivity index (χ3v) is 2.09. The molecule has 0 spiro atoms. The number of nitrogens with one attached hydrogen (secondary N) is 1. The average molecular weight is 156 g/mol. The van der Waals surface area contributed by atoms with Crippen molar-refractivity contribution in [3.8, 4) is 0 Å². The summed E-state index contributed by atoms with van der Waals surface area (Å²) in [5.74, 6) is 0. The van der Waals surface area contributed by atoms with Crippen LogP contribution in [0.3, 0.4) is 0 Å². The minimum Gasteiger partial charge on any atom is -0.330 e. The highest BCUT2D eigenvalue weighted by atomic mass is 15.0. The molecule has 0 aromatic heterocycles. The van der Waals surface area contributed by atoms with Gasteiger partial charge in [0.25, 0.3) is 0 Å². The zero-order valence-corrected chi connectivity index (χ0v) is 7.05. The van der Waals surface area contributed by atoms with E-state index in [0.29, 0.717) is 6.04 Å². The van der Waals surface area contributed by atoms with Crippen molar-refractivity contribution in [1.29, 1.82) is 0 Å². The van der Waals surface area contributed by atoms with Crippen molar-refractivity contribution in [2.75, 3.05) is 26.2 Å². The minimum absolute atomic E-state index is 0.707. The molecule has 0 atom stereocenters. The molecule has 1 aliphatic heterocycles. The van der Waals surface area contributed by atoms with Crippen molar-refractivity contribution in [3.05, 3.63) is 0 Å². The van der Waals surface area contributed by atoms with Gasteiger partial charge in [-0.3, -0.25) is 0 Å². The molecule has 11 heavy (non-hydrogen) atoms. The second kappa shape index (κ2) is 5.52. The summed E-state index contributed by atoms with van der Waals surface area (Å²) in [6, 6.07) is 0.707. The van der Waals surface area contributed by atoms with Gasteiger partial charge in [-0.15, -0.1) is 0 Å². The highest BCUT2D eigenvalue weighted by Gasteiger charge is 2.11. The van der Waals surface area contributed by atoms with E-state index in [1.165, 1.54) is 12.8 Å². The maximum atomic E-state index is 5.39. The number of piperidine rings is 1. The van der Waals surface area contributed by atoms with Crippen LogP contribution >= 0.6 is 0 Å². The number of hydrogen-bond donors (Lipinski definition) is 2. The fourth-order valence-electron chi connectivity index (χ4n) is 1.36. The lowest BCUT2D eigenvalue weighted by Crippen LogP contribution is -2.38. The van der Waals surface area contributed by atoms with E-state index in [4.69, 9.17) is 5.73 Å². The fraction of sp³-hybridized carbons (Fsp3) is 1.00. The maximum absolute atomic E-state index is 5.39. The third kappa shape index (κ3) is 3.70. The van der Waals surface area contributed by atoms with E-state index in [1.54, 1.807) is 0 Å². The Balaban J connectivity index is 1.96. The normalized spacial score (nSPS) is 20.5. The van der Waals surface area contributed by atoms with Crippen LogP contribution in [-0.4, -0.2) is 32.2 Å². The van der Waals surface area contributed by atoms with Crippen LogP contribution in [0.4, 0.5) is 0 Å². The summed E-state index contributed by atoms with van der Waals surface area (Å²) in [7, 11) is 0. The predicted molar refractivity (Wildman–Crippen MR) is 46.6 cm³/mol. The summed E-state index contributed by atoms with van der Waals surface area (Å²) in [4.78, 5) is 0. The van der Waals surface area contributed by atoms with E-state index in [1.807, 2.05) is 0 Å². The van der Waals surface area contributed by atoms with Gasteiger partial charge < -0.3 is 11.1 Å². The van der Waals surface area contributed by atoms with Crippen LogP contribution < -0.4 is 16.4 Å². The van der Waals surface area contributed by atoms with Crippen molar-refractivity contribution < 1.29 is 0 Å². The van der Waals surface area contributed by atoms with Crippen molar-refractivity contribution in [2.24, 2.45) is 5.73 Å². The first-order chi connectivity index (χ1) is 5.43. The SMILES string of the molecule is NCCCNC1CC[N]CC1. The van der Waals surface area contributed by atoms with Crippen molar-refractivity contribution in [1.82, 2.24) is 10.6 Å². The monoisotopic (exact) mass is 156 g/mol. The quantitative estimate of drug-likeness (QED) is 0.549. The Hall–Kier alpha value is -0.120. The predicted octanol–water partition coefficient (Wildman–Crippen LogP) is -0.308. The lowest BCUT2D eigenvalue weighted by molar-refractivity contribution is 0.382. The highest BCUT2D eigenvalue weighted by molar-refractivity contribution is 4.73. The van der Waals surface area contributed by atoms with E-state index < -0.39 is 0 Å². The Kier molecular flexibility index (Phi) is 4.50. The molecule has 3 heteroatoms. The second-order valence-electron chi connectivity index (χ2n) is 3.04. The first-order valence-corrected chi connectivity index (χ1v) is 4.50. The summed E-state index contributed by atoms with van der Waals surface area (Å²) in [5, 5.41) is 7.77. The van der Waals surface area contributed by atoms with Gasteiger partial charge in [0.15, 0.2) is 0 Å². The van der Waals surface area contributed by atoms with Gasteiger partial charge in [-0.05, 0) is 32.4 Å². The van der Waals surface area contributed by atoms with Gasteiger partial charge in [0.1, 0.15) is 0 Å². The molecule has 65 valence electrons. The number of nitrogens with two attached hydrogens (primary N) is 1. The number of hydrogen-bond acceptors (Lipinski definition) is 2. The van der Waals surface area contributed by atoms with Crippen LogP contribution in [0.15, 0.2) is 0 Å². The molecule has 1 heterocycles. The van der Waals surface area contributed by atoms with E-state index in [2.05, 4.69) is 10.6 Å². The summed E-state index contributed by atoms with van der Waals surface area (Å²) < 4.78 is 0. The third-order valence-electron chi connectivity index (χ3n) is 2.09. The largest absolute Gasteiger partial charge is 0.330 e. The molecule has 1 aliphatic rings. The van der Waals surface area contributed by atoms with Gasteiger partial charge in [0.05, 0.1) is 0 Å². The molecule has 1 radical (unpaired) electrons. The zero-order valence-electron chi connectivity index (χ0n) is 7.05. The second-order valence-corrected chi connectivity index (χ2v) is 3.04. The minimum atomic E-state index is 0.707. The lowest BCUT2D eigenvalue weighted by Gasteiger charge is -2.22. The Morgan fingerprint density at radius 3 is 2.73 bits per heavy atom. The van der Waals surface area contributed by atoms with Gasteiger partial charge in [0.2, 0.25) is 0 Å². The molecule has 1 saturated heterocycles. The summed E-state index contributed by atoms with van der Waals surface area (Å²) in [5.41, 5.74) is 5.39. The van der Waals surface area contributed by atoms with E-state index >= 15 is 0 Å². The molecular weight excluding hydrogens is 138 g/mol. The topological polar surface area (TPSA) is 52.1 Å². The molecule has 0 aliphatic carbocycles. The molecule has 0 unspecified atom stereocenters. The molecule has 0 saturated carbocycles. The molecular formula is C8H18N3. The summed E-state index contributed by atoms with van der Waals surface area (Å²) in [6.45, 7) is 3.95. The zero-order chi connectivity index (χ0) is 7.94. The first kappa shape index (κ1) is 8.97. The van der Waals surface area contributed by atoms with Gasteiger partial charge >= 0.3 is 0 Å². The van der Waals surface area contributed by atoms with Crippen LogP contribution in [0.5, 0.6) is 0 Å². The van der Waals surface area contributed by atoms with Crippen LogP contribution in [0.25, 0.3) is 0 Å². The average Bonchev–Trinajstić information content (AvgIpc) is 2.07. The molecule has 3 N–H and O–H groups in total. The van der Waals surface area contributed by atoms with Crippen molar-refractivity contribution in [3.63, 3.8) is 0 Å². The maximum Gasteiger partial charge on any atom is 0.0148 e. The molecule has 1 rings (SSSR count). The van der Waals surface area contributed by atoms with Crippen molar-refractivity contribution >= 4 is 0 Å². The van der Waals surface area contributed by atoms with Gasteiger partial charge in [-0.1, -0.05) is 0 Å². The van der Waals surface area contributed by atoms with Crippen LogP contribution in [-0.2, 0) is 0 Å². The molecule has 0 amide bonds. The Morgan fingerprint density at radius 2 is 2.09 bits per heavy atom.